The molecule has 0 aliphatic heterocycles. The SMILES string of the molecule is C=CCOC(=O)N(C(=O)OCc1ccccc1)[C@@H](CC(C)C)C(=O)O. The van der Waals surface area contributed by atoms with Crippen molar-refractivity contribution >= 4 is 18.2 Å². The molecule has 0 radical (unpaired) electrons. The van der Waals surface area contributed by atoms with Crippen LogP contribution >= 0.6 is 0 Å². The van der Waals surface area contributed by atoms with E-state index in [0.717, 1.165) is 0 Å². The number of hydrogen-bond acceptors (Lipinski definition) is 5. The van der Waals surface area contributed by atoms with Gasteiger partial charge in [0.2, 0.25) is 0 Å². The number of rotatable bonds is 8. The third-order valence-electron chi connectivity index (χ3n) is 3.21. The molecule has 25 heavy (non-hydrogen) atoms. The van der Waals surface area contributed by atoms with Crippen molar-refractivity contribution in [2.45, 2.75) is 32.9 Å². The average molecular weight is 349 g/mol. The van der Waals surface area contributed by atoms with Crippen molar-refractivity contribution < 1.29 is 29.0 Å². The van der Waals surface area contributed by atoms with Crippen LogP contribution in [0.2, 0.25) is 0 Å². The number of nitrogens with zero attached hydrogens (tertiary/aromatic N) is 1. The Bertz CT molecular complexity index is 599. The summed E-state index contributed by atoms with van der Waals surface area (Å²) >= 11 is 0. The standard InChI is InChI=1S/C18H23NO6/c1-4-10-24-17(22)19(15(16(20)21)11-13(2)3)18(23)25-12-14-8-6-5-7-9-14/h4-9,13,15H,1,10-12H2,2-3H3,(H,20,21)/t15-/m0/s1. The molecular weight excluding hydrogens is 326 g/mol. The van der Waals surface area contributed by atoms with Gasteiger partial charge in [0.25, 0.3) is 0 Å². The molecule has 7 heteroatoms. The summed E-state index contributed by atoms with van der Waals surface area (Å²) in [6, 6.07) is 7.48. The smallest absolute Gasteiger partial charge is 0.420 e. The normalized spacial score (nSPS) is 11.5. The fourth-order valence-electron chi connectivity index (χ4n) is 2.08. The van der Waals surface area contributed by atoms with Gasteiger partial charge < -0.3 is 14.6 Å². The Kier molecular flexibility index (Phi) is 8.18. The molecule has 136 valence electrons. The molecule has 0 aliphatic rings. The van der Waals surface area contributed by atoms with Crippen LogP contribution < -0.4 is 0 Å². The lowest BCUT2D eigenvalue weighted by Crippen LogP contribution is -2.49. The van der Waals surface area contributed by atoms with E-state index in [9.17, 15) is 19.5 Å². The van der Waals surface area contributed by atoms with Crippen LogP contribution in [-0.4, -0.2) is 40.8 Å². The predicted molar refractivity (Wildman–Crippen MR) is 90.9 cm³/mol. The molecule has 0 spiro atoms. The van der Waals surface area contributed by atoms with Gasteiger partial charge in [-0.1, -0.05) is 56.8 Å². The Morgan fingerprint density at radius 1 is 1.16 bits per heavy atom. The third-order valence-corrected chi connectivity index (χ3v) is 3.21. The molecule has 0 bridgehead atoms. The highest BCUT2D eigenvalue weighted by Gasteiger charge is 2.37. The number of amides is 2. The second kappa shape index (κ2) is 10.1. The zero-order valence-corrected chi connectivity index (χ0v) is 14.4. The van der Waals surface area contributed by atoms with Crippen molar-refractivity contribution in [2.75, 3.05) is 6.61 Å². The summed E-state index contributed by atoms with van der Waals surface area (Å²) in [6.45, 7) is 6.77. The van der Waals surface area contributed by atoms with Crippen molar-refractivity contribution in [2.24, 2.45) is 5.92 Å². The van der Waals surface area contributed by atoms with Gasteiger partial charge >= 0.3 is 18.2 Å². The van der Waals surface area contributed by atoms with Crippen molar-refractivity contribution in [3.05, 3.63) is 48.6 Å². The Labute approximate surface area is 146 Å². The van der Waals surface area contributed by atoms with E-state index in [4.69, 9.17) is 9.47 Å². The molecule has 1 aromatic rings. The lowest BCUT2D eigenvalue weighted by atomic mass is 10.0. The Hall–Kier alpha value is -2.83. The molecule has 0 saturated carbocycles. The number of benzene rings is 1. The van der Waals surface area contributed by atoms with Crippen LogP contribution in [0.15, 0.2) is 43.0 Å². The number of carboxylic acid groups (broad SMARTS) is 1. The largest absolute Gasteiger partial charge is 0.480 e. The molecule has 0 saturated heterocycles. The molecule has 0 aromatic heterocycles. The predicted octanol–water partition coefficient (Wildman–Crippen LogP) is 3.45. The van der Waals surface area contributed by atoms with Gasteiger partial charge in [-0.3, -0.25) is 0 Å². The first-order chi connectivity index (χ1) is 11.9. The van der Waals surface area contributed by atoms with Crippen LogP contribution in [0.1, 0.15) is 25.8 Å². The Morgan fingerprint density at radius 3 is 2.28 bits per heavy atom. The van der Waals surface area contributed by atoms with Crippen LogP contribution in [0.5, 0.6) is 0 Å². The maximum atomic E-state index is 12.4. The van der Waals surface area contributed by atoms with Gasteiger partial charge in [0.15, 0.2) is 0 Å². The maximum absolute atomic E-state index is 12.4. The highest BCUT2D eigenvalue weighted by atomic mass is 16.6. The van der Waals surface area contributed by atoms with Gasteiger partial charge in [0.1, 0.15) is 19.3 Å². The molecule has 0 aliphatic carbocycles. The lowest BCUT2D eigenvalue weighted by Gasteiger charge is -2.26. The summed E-state index contributed by atoms with van der Waals surface area (Å²) in [5.74, 6) is -1.36. The van der Waals surface area contributed by atoms with Gasteiger partial charge in [0, 0.05) is 0 Å². The molecule has 1 rings (SSSR count). The molecular formula is C18H23NO6. The zero-order chi connectivity index (χ0) is 18.8. The number of carbonyl (C=O) groups is 3. The average Bonchev–Trinajstić information content (AvgIpc) is 2.58. The van der Waals surface area contributed by atoms with E-state index in [2.05, 4.69) is 6.58 Å². The number of imide groups is 1. The second-order valence-electron chi connectivity index (χ2n) is 5.76. The number of ether oxygens (including phenoxy) is 2. The highest BCUT2D eigenvalue weighted by Crippen LogP contribution is 2.16. The highest BCUT2D eigenvalue weighted by molar-refractivity contribution is 5.93. The summed E-state index contributed by atoms with van der Waals surface area (Å²) in [5.41, 5.74) is 0.714. The number of aliphatic carboxylic acids is 1. The maximum Gasteiger partial charge on any atom is 0.420 e. The van der Waals surface area contributed by atoms with Crippen molar-refractivity contribution in [1.82, 2.24) is 4.90 Å². The summed E-state index contributed by atoms with van der Waals surface area (Å²) in [4.78, 5) is 36.6. The van der Waals surface area contributed by atoms with Gasteiger partial charge in [-0.2, -0.15) is 4.90 Å². The fraction of sp³-hybridized carbons (Fsp3) is 0.389. The van der Waals surface area contributed by atoms with Crippen molar-refractivity contribution in [3.8, 4) is 0 Å². The Morgan fingerprint density at radius 2 is 1.76 bits per heavy atom. The second-order valence-corrected chi connectivity index (χ2v) is 5.76. The van der Waals surface area contributed by atoms with Crippen LogP contribution in [0.4, 0.5) is 9.59 Å². The van der Waals surface area contributed by atoms with E-state index in [1.165, 1.54) is 6.08 Å². The number of carbonyl (C=O) groups excluding carboxylic acids is 2. The van der Waals surface area contributed by atoms with E-state index in [1.807, 2.05) is 6.07 Å². The third kappa shape index (κ3) is 6.66. The minimum Gasteiger partial charge on any atom is -0.480 e. The summed E-state index contributed by atoms with van der Waals surface area (Å²) < 4.78 is 9.95. The van der Waals surface area contributed by atoms with Gasteiger partial charge in [-0.25, -0.2) is 14.4 Å². The van der Waals surface area contributed by atoms with E-state index in [1.54, 1.807) is 38.1 Å². The van der Waals surface area contributed by atoms with Crippen LogP contribution in [0.25, 0.3) is 0 Å². The zero-order valence-electron chi connectivity index (χ0n) is 14.4. The van der Waals surface area contributed by atoms with E-state index >= 15 is 0 Å². The number of hydrogen-bond donors (Lipinski definition) is 1. The fourth-order valence-corrected chi connectivity index (χ4v) is 2.08. The summed E-state index contributed by atoms with van der Waals surface area (Å²) in [7, 11) is 0. The van der Waals surface area contributed by atoms with E-state index < -0.39 is 24.2 Å². The first kappa shape index (κ1) is 20.2. The van der Waals surface area contributed by atoms with Crippen LogP contribution in [0.3, 0.4) is 0 Å². The van der Waals surface area contributed by atoms with Crippen molar-refractivity contribution in [3.63, 3.8) is 0 Å². The molecule has 0 unspecified atom stereocenters. The molecule has 1 N–H and O–H groups in total. The van der Waals surface area contributed by atoms with Crippen LogP contribution in [0, 0.1) is 5.92 Å². The van der Waals surface area contributed by atoms with Crippen molar-refractivity contribution in [1.29, 1.82) is 0 Å². The van der Waals surface area contributed by atoms with Crippen LogP contribution in [-0.2, 0) is 20.9 Å². The van der Waals surface area contributed by atoms with E-state index in [-0.39, 0.29) is 25.6 Å². The molecule has 2 amide bonds. The topological polar surface area (TPSA) is 93.1 Å². The molecule has 0 heterocycles. The molecule has 1 aromatic carbocycles. The monoisotopic (exact) mass is 349 g/mol. The number of carboxylic acids is 1. The van der Waals surface area contributed by atoms with E-state index in [0.29, 0.717) is 10.5 Å². The molecule has 1 atom stereocenters. The summed E-state index contributed by atoms with van der Waals surface area (Å²) in [6.07, 6.45) is -0.736. The lowest BCUT2D eigenvalue weighted by molar-refractivity contribution is -0.142. The first-order valence-electron chi connectivity index (χ1n) is 7.87. The van der Waals surface area contributed by atoms with Gasteiger partial charge in [0.05, 0.1) is 0 Å². The minimum atomic E-state index is -1.37. The first-order valence-corrected chi connectivity index (χ1v) is 7.87. The molecule has 0 fully saturated rings. The Balaban J connectivity index is 2.94. The summed E-state index contributed by atoms with van der Waals surface area (Å²) in [5, 5.41) is 9.42. The quantitative estimate of drug-likeness (QED) is 0.723. The van der Waals surface area contributed by atoms with Gasteiger partial charge in [-0.05, 0) is 17.9 Å². The van der Waals surface area contributed by atoms with Gasteiger partial charge in [-0.15, -0.1) is 0 Å². The minimum absolute atomic E-state index is 0.0577. The molecule has 7 nitrogen and oxygen atoms in total.